The minimum Gasteiger partial charge on any atom is -0.456 e. The van der Waals surface area contributed by atoms with Crippen molar-refractivity contribution in [2.75, 3.05) is 4.90 Å². The van der Waals surface area contributed by atoms with E-state index in [0.717, 1.165) is 50.2 Å². The lowest BCUT2D eigenvalue weighted by Gasteiger charge is -2.26. The van der Waals surface area contributed by atoms with Gasteiger partial charge < -0.3 is 13.9 Å². The normalized spacial score (nSPS) is 11.5. The van der Waals surface area contributed by atoms with E-state index in [1.165, 1.54) is 38.5 Å². The SMILES string of the molecule is c1ccc(-c2ccc(N(c3ccc4c(c3)c3c(-c5ccccc5)cccc3n4-c3ccccc3)c3cccc4oc5ccccc5c34)cc2)cc1. The van der Waals surface area contributed by atoms with Crippen LogP contribution in [0.2, 0.25) is 0 Å². The lowest BCUT2D eigenvalue weighted by Crippen LogP contribution is -2.10. The zero-order chi connectivity index (χ0) is 33.7. The molecule has 0 amide bonds. The van der Waals surface area contributed by atoms with Gasteiger partial charge in [-0.1, -0.05) is 127 Å². The molecule has 0 aliphatic heterocycles. The van der Waals surface area contributed by atoms with Crippen molar-refractivity contribution in [2.24, 2.45) is 0 Å². The Hall–Kier alpha value is -6.84. The molecule has 2 heterocycles. The average molecular weight is 653 g/mol. The molecule has 10 aromatic rings. The van der Waals surface area contributed by atoms with Gasteiger partial charge in [0.15, 0.2) is 0 Å². The summed E-state index contributed by atoms with van der Waals surface area (Å²) in [6, 6.07) is 69.1. The third-order valence-electron chi connectivity index (χ3n) is 9.99. The summed E-state index contributed by atoms with van der Waals surface area (Å²) in [6.45, 7) is 0. The summed E-state index contributed by atoms with van der Waals surface area (Å²) in [6.07, 6.45) is 0. The number of benzene rings is 8. The van der Waals surface area contributed by atoms with Crippen LogP contribution in [0.15, 0.2) is 199 Å². The van der Waals surface area contributed by atoms with Gasteiger partial charge in [0.2, 0.25) is 0 Å². The van der Waals surface area contributed by atoms with E-state index in [-0.39, 0.29) is 0 Å². The molecule has 51 heavy (non-hydrogen) atoms. The van der Waals surface area contributed by atoms with E-state index in [1.54, 1.807) is 0 Å². The van der Waals surface area contributed by atoms with E-state index >= 15 is 0 Å². The standard InChI is InChI=1S/C48H32N2O/c1-4-14-33(15-5-1)34-26-28-37(29-27-34)49(44-23-13-25-46-48(44)40-20-10-11-24-45(40)51-46)38-30-31-42-41(32-38)47-39(35-16-6-2-7-17-35)21-12-22-43(47)50(42)36-18-8-3-9-19-36/h1-32H. The van der Waals surface area contributed by atoms with Crippen molar-refractivity contribution in [2.45, 2.75) is 0 Å². The van der Waals surface area contributed by atoms with Gasteiger partial charge in [0, 0.05) is 33.2 Å². The number of hydrogen-bond donors (Lipinski definition) is 0. The summed E-state index contributed by atoms with van der Waals surface area (Å²) < 4.78 is 8.80. The maximum atomic E-state index is 6.41. The van der Waals surface area contributed by atoms with Gasteiger partial charge in [-0.15, -0.1) is 0 Å². The topological polar surface area (TPSA) is 21.3 Å². The molecule has 3 heteroatoms. The highest BCUT2D eigenvalue weighted by Gasteiger charge is 2.22. The van der Waals surface area contributed by atoms with E-state index in [9.17, 15) is 0 Å². The molecule has 0 aliphatic carbocycles. The molecule has 0 aliphatic rings. The van der Waals surface area contributed by atoms with Gasteiger partial charge in [-0.25, -0.2) is 0 Å². The minimum atomic E-state index is 0.868. The Balaban J connectivity index is 1.26. The largest absolute Gasteiger partial charge is 0.456 e. The van der Waals surface area contributed by atoms with Crippen molar-refractivity contribution in [3.8, 4) is 27.9 Å². The molecule has 2 aromatic heterocycles. The first-order chi connectivity index (χ1) is 25.3. The molecule has 3 nitrogen and oxygen atoms in total. The molecule has 0 atom stereocenters. The van der Waals surface area contributed by atoms with Crippen molar-refractivity contribution in [1.82, 2.24) is 4.57 Å². The van der Waals surface area contributed by atoms with Gasteiger partial charge in [-0.3, -0.25) is 0 Å². The Morgan fingerprint density at radius 2 is 1.02 bits per heavy atom. The summed E-state index contributed by atoms with van der Waals surface area (Å²) in [4.78, 5) is 2.38. The Bertz CT molecular complexity index is 2830. The first-order valence-corrected chi connectivity index (χ1v) is 17.4. The Morgan fingerprint density at radius 1 is 0.392 bits per heavy atom. The molecule has 10 rings (SSSR count). The fraction of sp³-hybridized carbons (Fsp3) is 0. The van der Waals surface area contributed by atoms with Crippen LogP contribution >= 0.6 is 0 Å². The maximum absolute atomic E-state index is 6.41. The predicted octanol–water partition coefficient (Wildman–Crippen LogP) is 13.5. The van der Waals surface area contributed by atoms with Crippen molar-refractivity contribution in [1.29, 1.82) is 0 Å². The average Bonchev–Trinajstić information content (AvgIpc) is 3.75. The van der Waals surface area contributed by atoms with Crippen molar-refractivity contribution in [3.63, 3.8) is 0 Å². The quantitative estimate of drug-likeness (QED) is 0.178. The summed E-state index contributed by atoms with van der Waals surface area (Å²) >= 11 is 0. The number of rotatable bonds is 6. The predicted molar refractivity (Wildman–Crippen MR) is 214 cm³/mol. The van der Waals surface area contributed by atoms with E-state index in [2.05, 4.69) is 191 Å². The molecule has 240 valence electrons. The van der Waals surface area contributed by atoms with Crippen molar-refractivity contribution >= 4 is 60.8 Å². The number of hydrogen-bond acceptors (Lipinski definition) is 2. The number of aromatic nitrogens is 1. The van der Waals surface area contributed by atoms with Crippen LogP contribution in [0.5, 0.6) is 0 Å². The highest BCUT2D eigenvalue weighted by Crippen LogP contribution is 2.46. The van der Waals surface area contributed by atoms with Gasteiger partial charge in [0.25, 0.3) is 0 Å². The Labute approximate surface area is 295 Å². The van der Waals surface area contributed by atoms with Crippen LogP contribution in [0, 0.1) is 0 Å². The van der Waals surface area contributed by atoms with Crippen molar-refractivity contribution < 1.29 is 4.42 Å². The van der Waals surface area contributed by atoms with Crippen LogP contribution < -0.4 is 4.90 Å². The van der Waals surface area contributed by atoms with E-state index in [1.807, 2.05) is 12.1 Å². The van der Waals surface area contributed by atoms with E-state index < -0.39 is 0 Å². The van der Waals surface area contributed by atoms with Gasteiger partial charge in [0.05, 0.1) is 22.1 Å². The lowest BCUT2D eigenvalue weighted by atomic mass is 9.99. The van der Waals surface area contributed by atoms with Gasteiger partial charge >= 0.3 is 0 Å². The van der Waals surface area contributed by atoms with Crippen LogP contribution in [0.1, 0.15) is 0 Å². The zero-order valence-corrected chi connectivity index (χ0v) is 27.8. The van der Waals surface area contributed by atoms with Crippen LogP contribution in [-0.2, 0) is 0 Å². The second kappa shape index (κ2) is 11.9. The first-order valence-electron chi connectivity index (χ1n) is 17.4. The molecule has 0 N–H and O–H groups in total. The monoisotopic (exact) mass is 652 g/mol. The molecule has 0 saturated heterocycles. The highest BCUT2D eigenvalue weighted by molar-refractivity contribution is 6.18. The second-order valence-corrected chi connectivity index (χ2v) is 12.9. The minimum absolute atomic E-state index is 0.868. The number of para-hydroxylation sites is 2. The highest BCUT2D eigenvalue weighted by atomic mass is 16.3. The summed E-state index contributed by atoms with van der Waals surface area (Å²) in [7, 11) is 0. The van der Waals surface area contributed by atoms with Crippen LogP contribution in [-0.4, -0.2) is 4.57 Å². The number of nitrogens with zero attached hydrogens (tertiary/aromatic N) is 2. The lowest BCUT2D eigenvalue weighted by molar-refractivity contribution is 0.669. The van der Waals surface area contributed by atoms with Crippen LogP contribution in [0.4, 0.5) is 17.1 Å². The summed E-state index contributed by atoms with van der Waals surface area (Å²) in [5, 5.41) is 4.62. The first kappa shape index (κ1) is 29.1. The zero-order valence-electron chi connectivity index (χ0n) is 27.8. The molecular formula is C48H32N2O. The molecule has 0 unspecified atom stereocenters. The van der Waals surface area contributed by atoms with Crippen molar-refractivity contribution in [3.05, 3.63) is 194 Å². The molecule has 0 spiro atoms. The Kier molecular flexibility index (Phi) is 6.81. The summed E-state index contributed by atoms with van der Waals surface area (Å²) in [5.41, 5.74) is 13.2. The molecule has 0 saturated carbocycles. The van der Waals surface area contributed by atoms with Crippen LogP contribution in [0.3, 0.4) is 0 Å². The fourth-order valence-electron chi connectivity index (χ4n) is 7.71. The molecule has 0 bridgehead atoms. The van der Waals surface area contributed by atoms with Gasteiger partial charge in [-0.2, -0.15) is 0 Å². The van der Waals surface area contributed by atoms with E-state index in [0.29, 0.717) is 0 Å². The van der Waals surface area contributed by atoms with Gasteiger partial charge in [-0.05, 0) is 89.0 Å². The second-order valence-electron chi connectivity index (χ2n) is 12.9. The third kappa shape index (κ3) is 4.82. The molecule has 0 fully saturated rings. The molecule has 8 aromatic carbocycles. The maximum Gasteiger partial charge on any atom is 0.137 e. The molecule has 0 radical (unpaired) electrons. The molecular weight excluding hydrogens is 621 g/mol. The number of fused-ring (bicyclic) bond motifs is 6. The van der Waals surface area contributed by atoms with Crippen LogP contribution in [0.25, 0.3) is 71.7 Å². The van der Waals surface area contributed by atoms with Gasteiger partial charge in [0.1, 0.15) is 11.2 Å². The smallest absolute Gasteiger partial charge is 0.137 e. The number of anilines is 3. The number of furan rings is 1. The Morgan fingerprint density at radius 3 is 1.80 bits per heavy atom. The fourth-order valence-corrected chi connectivity index (χ4v) is 7.71. The third-order valence-corrected chi connectivity index (χ3v) is 9.99. The van der Waals surface area contributed by atoms with E-state index in [4.69, 9.17) is 4.42 Å². The summed E-state index contributed by atoms with van der Waals surface area (Å²) in [5.74, 6) is 0.